The first-order chi connectivity index (χ1) is 17.2. The van der Waals surface area contributed by atoms with Crippen LogP contribution in [0.3, 0.4) is 0 Å². The maximum Gasteiger partial charge on any atom is 0.129 e. The molecule has 2 nitrogen and oxygen atoms in total. The molecule has 0 spiro atoms. The van der Waals surface area contributed by atoms with Gasteiger partial charge in [-0.05, 0) is 72.8 Å². The van der Waals surface area contributed by atoms with E-state index in [0.717, 1.165) is 23.6 Å². The molecule has 0 N–H and O–H groups in total. The Morgan fingerprint density at radius 1 is 0.972 bits per heavy atom. The van der Waals surface area contributed by atoms with E-state index in [0.29, 0.717) is 21.1 Å². The Balaban J connectivity index is 1.74. The number of hydrogen-bond acceptors (Lipinski definition) is 2. The second-order valence-electron chi connectivity index (χ2n) is 10.7. The van der Waals surface area contributed by atoms with Gasteiger partial charge in [-0.1, -0.05) is 96.1 Å². The molecule has 186 valence electrons. The van der Waals surface area contributed by atoms with Gasteiger partial charge in [0.15, 0.2) is 0 Å². The van der Waals surface area contributed by atoms with E-state index in [1.54, 1.807) is 0 Å². The summed E-state index contributed by atoms with van der Waals surface area (Å²) in [6.07, 6.45) is 9.75. The van der Waals surface area contributed by atoms with Gasteiger partial charge >= 0.3 is 0 Å². The molecule has 0 saturated carbocycles. The molecule has 0 radical (unpaired) electrons. The smallest absolute Gasteiger partial charge is 0.129 e. The van der Waals surface area contributed by atoms with Crippen molar-refractivity contribution in [1.82, 2.24) is 0 Å². The van der Waals surface area contributed by atoms with Gasteiger partial charge in [0, 0.05) is 22.5 Å². The van der Waals surface area contributed by atoms with Crippen molar-refractivity contribution in [2.45, 2.75) is 53.4 Å². The molecular weight excluding hydrogens is 457 g/mol. The molecule has 0 heterocycles. The van der Waals surface area contributed by atoms with Gasteiger partial charge in [0.2, 0.25) is 0 Å². The average Bonchev–Trinajstić information content (AvgIpc) is 2.85. The van der Waals surface area contributed by atoms with Crippen LogP contribution < -0.4 is 15.3 Å². The zero-order valence-electron chi connectivity index (χ0n) is 22.4. The Bertz CT molecular complexity index is 1300. The average molecular weight is 496 g/mol. The van der Waals surface area contributed by atoms with E-state index >= 15 is 0 Å². The van der Waals surface area contributed by atoms with Crippen LogP contribution in [0, 0.1) is 19.8 Å². The van der Waals surface area contributed by atoms with E-state index in [4.69, 9.17) is 9.73 Å². The second kappa shape index (κ2) is 11.4. The summed E-state index contributed by atoms with van der Waals surface area (Å²) in [6.45, 7) is 14.1. The topological polar surface area (TPSA) is 21.6 Å². The van der Waals surface area contributed by atoms with Crippen LogP contribution in [0.5, 0.6) is 5.75 Å². The highest BCUT2D eigenvalue weighted by molar-refractivity contribution is 7.56. The Hall–Kier alpha value is -2.96. The summed E-state index contributed by atoms with van der Waals surface area (Å²) in [5, 5.41) is 2.61. The molecule has 36 heavy (non-hydrogen) atoms. The monoisotopic (exact) mass is 495 g/mol. The van der Waals surface area contributed by atoms with Gasteiger partial charge in [-0.2, -0.15) is 0 Å². The van der Waals surface area contributed by atoms with Crippen molar-refractivity contribution in [2.75, 3.05) is 6.61 Å². The van der Waals surface area contributed by atoms with Crippen molar-refractivity contribution in [1.29, 1.82) is 0 Å². The van der Waals surface area contributed by atoms with Crippen LogP contribution >= 0.6 is 8.58 Å². The van der Waals surface area contributed by atoms with E-state index in [1.165, 1.54) is 32.9 Å². The summed E-state index contributed by atoms with van der Waals surface area (Å²) in [6, 6.07) is 21.4. The van der Waals surface area contributed by atoms with Crippen LogP contribution in [-0.2, 0) is 5.41 Å². The number of ether oxygens (including phenoxy) is 1. The van der Waals surface area contributed by atoms with E-state index < -0.39 is 0 Å². The standard InChI is InChI=1S/C33H38NOP/c1-23-14-13-19-29(25(3)34-28-17-11-8-12-18-28)32(23)36-30-21-27(33(4,5)6)20-24(2)31(30)35-22-26-15-9-7-10-16-26/h7-15,17-21,26,36H,16,22H2,1-6H3/b34-25+. The maximum atomic E-state index is 6.57. The minimum atomic E-state index is 0.0681. The summed E-state index contributed by atoms with van der Waals surface area (Å²) in [5.41, 5.74) is 7.15. The van der Waals surface area contributed by atoms with Crippen molar-refractivity contribution < 1.29 is 4.74 Å². The number of benzene rings is 3. The number of allylic oxidation sites excluding steroid dienone is 3. The lowest BCUT2D eigenvalue weighted by Gasteiger charge is -2.25. The highest BCUT2D eigenvalue weighted by Crippen LogP contribution is 2.32. The number of rotatable bonds is 7. The van der Waals surface area contributed by atoms with Gasteiger partial charge in [0.25, 0.3) is 0 Å². The fourth-order valence-electron chi connectivity index (χ4n) is 4.46. The van der Waals surface area contributed by atoms with Crippen molar-refractivity contribution in [3.05, 3.63) is 107 Å². The van der Waals surface area contributed by atoms with E-state index in [9.17, 15) is 0 Å². The molecule has 0 amide bonds. The van der Waals surface area contributed by atoms with Crippen molar-refractivity contribution in [2.24, 2.45) is 10.9 Å². The Morgan fingerprint density at radius 3 is 2.44 bits per heavy atom. The number of aliphatic imine (C=N–C) groups is 1. The predicted octanol–water partition coefficient (Wildman–Crippen LogP) is 7.88. The van der Waals surface area contributed by atoms with Crippen molar-refractivity contribution in [3.63, 3.8) is 0 Å². The lowest BCUT2D eigenvalue weighted by atomic mass is 9.86. The van der Waals surface area contributed by atoms with E-state index in [2.05, 4.69) is 108 Å². The van der Waals surface area contributed by atoms with Crippen LogP contribution in [0.15, 0.2) is 90.0 Å². The SMILES string of the molecule is C/C(=N\c1ccccc1)c1cccc(C)c1Pc1cc(C(C)(C)C)cc(C)c1OCC1C=CC=CC1. The fourth-order valence-corrected chi connectivity index (χ4v) is 6.02. The Kier molecular flexibility index (Phi) is 8.27. The maximum absolute atomic E-state index is 6.57. The molecule has 0 bridgehead atoms. The Labute approximate surface area is 219 Å². The summed E-state index contributed by atoms with van der Waals surface area (Å²) in [4.78, 5) is 4.94. The van der Waals surface area contributed by atoms with Crippen LogP contribution in [0.25, 0.3) is 0 Å². The molecule has 0 fully saturated rings. The van der Waals surface area contributed by atoms with Gasteiger partial charge in [0.1, 0.15) is 5.75 Å². The van der Waals surface area contributed by atoms with Crippen molar-refractivity contribution >= 4 is 30.6 Å². The molecule has 3 heteroatoms. The predicted molar refractivity (Wildman–Crippen MR) is 159 cm³/mol. The third kappa shape index (κ3) is 6.42. The van der Waals surface area contributed by atoms with E-state index in [-0.39, 0.29) is 5.41 Å². The first kappa shape index (κ1) is 26.1. The zero-order chi connectivity index (χ0) is 25.7. The van der Waals surface area contributed by atoms with Crippen LogP contribution in [0.4, 0.5) is 5.69 Å². The highest BCUT2D eigenvalue weighted by Gasteiger charge is 2.21. The molecule has 3 aromatic rings. The molecule has 0 saturated heterocycles. The third-order valence-corrected chi connectivity index (χ3v) is 8.18. The lowest BCUT2D eigenvalue weighted by Crippen LogP contribution is -2.21. The van der Waals surface area contributed by atoms with Gasteiger partial charge in [-0.15, -0.1) is 0 Å². The fraction of sp³-hybridized carbons (Fsp3) is 0.303. The first-order valence-corrected chi connectivity index (χ1v) is 13.8. The van der Waals surface area contributed by atoms with Gasteiger partial charge < -0.3 is 4.74 Å². The van der Waals surface area contributed by atoms with Gasteiger partial charge in [0.05, 0.1) is 12.3 Å². The van der Waals surface area contributed by atoms with Crippen LogP contribution in [0.2, 0.25) is 0 Å². The minimum Gasteiger partial charge on any atom is -0.492 e. The summed E-state index contributed by atoms with van der Waals surface area (Å²) in [7, 11) is 0.480. The molecule has 2 unspecified atom stereocenters. The number of nitrogens with zero attached hydrogens (tertiary/aromatic N) is 1. The summed E-state index contributed by atoms with van der Waals surface area (Å²) < 4.78 is 6.57. The molecule has 4 rings (SSSR count). The molecule has 1 aliphatic rings. The second-order valence-corrected chi connectivity index (χ2v) is 12.0. The molecule has 0 aromatic heterocycles. The molecule has 1 aliphatic carbocycles. The molecular formula is C33H38NOP. The van der Waals surface area contributed by atoms with Crippen molar-refractivity contribution in [3.8, 4) is 5.75 Å². The van der Waals surface area contributed by atoms with Gasteiger partial charge in [-0.25, -0.2) is 0 Å². The van der Waals surface area contributed by atoms with Crippen LogP contribution in [0.1, 0.15) is 56.4 Å². The molecule has 2 atom stereocenters. The molecule has 3 aromatic carbocycles. The normalized spacial score (nSPS) is 16.2. The quantitative estimate of drug-likeness (QED) is 0.241. The van der Waals surface area contributed by atoms with Crippen LogP contribution in [-0.4, -0.2) is 12.3 Å². The number of aryl methyl sites for hydroxylation is 2. The summed E-state index contributed by atoms with van der Waals surface area (Å²) in [5.74, 6) is 1.46. The lowest BCUT2D eigenvalue weighted by molar-refractivity contribution is 0.276. The highest BCUT2D eigenvalue weighted by atomic mass is 31.1. The third-order valence-electron chi connectivity index (χ3n) is 6.63. The first-order valence-electron chi connectivity index (χ1n) is 12.8. The van der Waals surface area contributed by atoms with Gasteiger partial charge in [-0.3, -0.25) is 4.99 Å². The van der Waals surface area contributed by atoms with E-state index in [1.807, 2.05) is 18.2 Å². The number of hydrogen-bond donors (Lipinski definition) is 0. The molecule has 0 aliphatic heterocycles. The number of para-hydroxylation sites is 1. The minimum absolute atomic E-state index is 0.0681. The largest absolute Gasteiger partial charge is 0.492 e. The zero-order valence-corrected chi connectivity index (χ0v) is 23.4. The Morgan fingerprint density at radius 2 is 1.75 bits per heavy atom. The summed E-state index contributed by atoms with van der Waals surface area (Å²) >= 11 is 0.